The first-order chi connectivity index (χ1) is 7.58. The van der Waals surface area contributed by atoms with Crippen molar-refractivity contribution in [1.29, 1.82) is 0 Å². The van der Waals surface area contributed by atoms with Crippen LogP contribution in [-0.4, -0.2) is 26.7 Å². The summed E-state index contributed by atoms with van der Waals surface area (Å²) in [5.74, 6) is -0.836. The molecule has 1 fully saturated rings. The van der Waals surface area contributed by atoms with Crippen LogP contribution in [0.3, 0.4) is 0 Å². The van der Waals surface area contributed by atoms with E-state index in [2.05, 4.69) is 4.98 Å². The molecule has 2 N–H and O–H groups in total. The van der Waals surface area contributed by atoms with Crippen LogP contribution in [-0.2, 0) is 9.53 Å². The number of ether oxygens (including phenoxy) is 1. The average Bonchev–Trinajstić information content (AvgIpc) is 2.66. The van der Waals surface area contributed by atoms with E-state index < -0.39 is 23.3 Å². The highest BCUT2D eigenvalue weighted by Crippen LogP contribution is 2.30. The molecule has 1 aliphatic rings. The van der Waals surface area contributed by atoms with Crippen molar-refractivity contribution in [2.75, 3.05) is 11.5 Å². The Kier molecular flexibility index (Phi) is 2.84. The maximum atomic E-state index is 11.4. The van der Waals surface area contributed by atoms with Crippen molar-refractivity contribution >= 4 is 23.5 Å². The van der Waals surface area contributed by atoms with Crippen LogP contribution in [0.5, 0.6) is 0 Å². The van der Waals surface area contributed by atoms with Gasteiger partial charge in [-0.2, -0.15) is 4.98 Å². The standard InChI is InChI=1S/C8H9N3O4S/c9-4-1-2-11(8(14)10-4)5-3-16-7(15-5)6(12)13/h1-2,5,7H,3H2,(H,12,13)(H2,9,10,14)/p-1/t5-,7+/m1/s1. The highest BCUT2D eigenvalue weighted by Gasteiger charge is 2.28. The van der Waals surface area contributed by atoms with E-state index in [1.807, 2.05) is 0 Å². The topological polar surface area (TPSA) is 110 Å². The van der Waals surface area contributed by atoms with E-state index in [1.165, 1.54) is 16.8 Å². The van der Waals surface area contributed by atoms with Crippen molar-refractivity contribution in [1.82, 2.24) is 9.55 Å². The SMILES string of the molecule is Nc1ccn([C@H]2CS[C@@H](C(=O)[O-])O2)c(=O)n1. The van der Waals surface area contributed by atoms with E-state index in [0.29, 0.717) is 5.75 Å². The summed E-state index contributed by atoms with van der Waals surface area (Å²) in [4.78, 5) is 25.5. The quantitative estimate of drug-likeness (QED) is 0.649. The molecule has 1 saturated heterocycles. The van der Waals surface area contributed by atoms with Gasteiger partial charge in [-0.15, -0.1) is 11.8 Å². The van der Waals surface area contributed by atoms with Crippen molar-refractivity contribution < 1.29 is 14.6 Å². The molecular formula is C8H8N3O4S-. The van der Waals surface area contributed by atoms with Gasteiger partial charge in [0, 0.05) is 11.9 Å². The predicted octanol–water partition coefficient (Wildman–Crippen LogP) is -1.84. The Morgan fingerprint density at radius 3 is 3.06 bits per heavy atom. The minimum atomic E-state index is -1.30. The fourth-order valence-corrected chi connectivity index (χ4v) is 2.23. The zero-order valence-corrected chi connectivity index (χ0v) is 8.85. The van der Waals surface area contributed by atoms with E-state index in [9.17, 15) is 14.7 Å². The van der Waals surface area contributed by atoms with Crippen LogP contribution in [0, 0.1) is 0 Å². The summed E-state index contributed by atoms with van der Waals surface area (Å²) in [6, 6.07) is 1.45. The molecule has 0 aliphatic carbocycles. The molecule has 2 atom stereocenters. The molecule has 0 aromatic carbocycles. The minimum absolute atomic E-state index is 0.114. The lowest BCUT2D eigenvalue weighted by Crippen LogP contribution is -2.35. The van der Waals surface area contributed by atoms with Gasteiger partial charge in [-0.3, -0.25) is 4.57 Å². The number of carbonyl (C=O) groups is 1. The summed E-state index contributed by atoms with van der Waals surface area (Å²) in [6.45, 7) is 0. The highest BCUT2D eigenvalue weighted by molar-refractivity contribution is 8.00. The Morgan fingerprint density at radius 2 is 2.50 bits per heavy atom. The van der Waals surface area contributed by atoms with Gasteiger partial charge in [0.15, 0.2) is 0 Å². The molecule has 0 bridgehead atoms. The molecule has 0 unspecified atom stereocenters. The molecule has 86 valence electrons. The fraction of sp³-hybridized carbons (Fsp3) is 0.375. The number of hydrogen-bond donors (Lipinski definition) is 1. The van der Waals surface area contributed by atoms with E-state index >= 15 is 0 Å². The number of anilines is 1. The monoisotopic (exact) mass is 242 g/mol. The van der Waals surface area contributed by atoms with Crippen LogP contribution in [0.25, 0.3) is 0 Å². The van der Waals surface area contributed by atoms with Crippen molar-refractivity contribution in [2.45, 2.75) is 11.7 Å². The van der Waals surface area contributed by atoms with Crippen molar-refractivity contribution in [3.8, 4) is 0 Å². The lowest BCUT2D eigenvalue weighted by molar-refractivity contribution is -0.313. The van der Waals surface area contributed by atoms with Gasteiger partial charge in [-0.05, 0) is 6.07 Å². The third-order valence-electron chi connectivity index (χ3n) is 2.03. The van der Waals surface area contributed by atoms with Gasteiger partial charge in [0.1, 0.15) is 17.5 Å². The van der Waals surface area contributed by atoms with Gasteiger partial charge in [0.25, 0.3) is 0 Å². The summed E-state index contributed by atoms with van der Waals surface area (Å²) in [6.07, 6.45) is 0.779. The number of carboxylic acid groups (broad SMARTS) is 1. The van der Waals surface area contributed by atoms with Crippen LogP contribution < -0.4 is 16.5 Å². The second kappa shape index (κ2) is 4.14. The van der Waals surface area contributed by atoms with E-state index in [0.717, 1.165) is 11.8 Å². The molecule has 1 aromatic rings. The number of nitrogens with zero attached hydrogens (tertiary/aromatic N) is 2. The van der Waals surface area contributed by atoms with Gasteiger partial charge in [0.2, 0.25) is 0 Å². The van der Waals surface area contributed by atoms with Crippen molar-refractivity contribution in [3.05, 3.63) is 22.7 Å². The number of nitrogen functional groups attached to an aromatic ring is 1. The minimum Gasteiger partial charge on any atom is -0.546 e. The molecule has 0 radical (unpaired) electrons. The number of aromatic nitrogens is 2. The number of thioether (sulfide) groups is 1. The van der Waals surface area contributed by atoms with Crippen LogP contribution in [0.1, 0.15) is 6.23 Å². The summed E-state index contributed by atoms with van der Waals surface area (Å²) < 4.78 is 6.31. The smallest absolute Gasteiger partial charge is 0.351 e. The van der Waals surface area contributed by atoms with Gasteiger partial charge in [-0.1, -0.05) is 0 Å². The average molecular weight is 242 g/mol. The zero-order valence-electron chi connectivity index (χ0n) is 8.03. The summed E-state index contributed by atoms with van der Waals surface area (Å²) in [7, 11) is 0. The Hall–Kier alpha value is -1.54. The third kappa shape index (κ3) is 2.02. The van der Waals surface area contributed by atoms with Crippen LogP contribution >= 0.6 is 11.8 Å². The first-order valence-electron chi connectivity index (χ1n) is 4.40. The lowest BCUT2D eigenvalue weighted by Gasteiger charge is -2.14. The fourth-order valence-electron chi connectivity index (χ4n) is 1.31. The number of carbonyl (C=O) groups excluding carboxylic acids is 1. The van der Waals surface area contributed by atoms with E-state index in [-0.39, 0.29) is 5.82 Å². The molecule has 1 aromatic heterocycles. The first kappa shape index (κ1) is 11.0. The van der Waals surface area contributed by atoms with Crippen LogP contribution in [0.4, 0.5) is 5.82 Å². The summed E-state index contributed by atoms with van der Waals surface area (Å²) >= 11 is 1.06. The molecule has 1 aliphatic heterocycles. The molecule has 2 heterocycles. The molecule has 2 rings (SSSR count). The number of rotatable bonds is 2. The second-order valence-electron chi connectivity index (χ2n) is 3.12. The number of aliphatic carboxylic acids is 1. The Morgan fingerprint density at radius 1 is 1.75 bits per heavy atom. The van der Waals surface area contributed by atoms with Crippen LogP contribution in [0.2, 0.25) is 0 Å². The lowest BCUT2D eigenvalue weighted by atomic mass is 10.5. The normalized spacial score (nSPS) is 24.5. The molecule has 7 nitrogen and oxygen atoms in total. The Labute approximate surface area is 94.2 Å². The zero-order chi connectivity index (χ0) is 11.7. The Bertz CT molecular complexity index is 475. The van der Waals surface area contributed by atoms with Gasteiger partial charge >= 0.3 is 5.69 Å². The first-order valence-corrected chi connectivity index (χ1v) is 5.45. The van der Waals surface area contributed by atoms with Gasteiger partial charge in [0.05, 0.1) is 5.97 Å². The number of carboxylic acids is 1. The maximum Gasteiger partial charge on any atom is 0.351 e. The van der Waals surface area contributed by atoms with E-state index in [1.54, 1.807) is 0 Å². The summed E-state index contributed by atoms with van der Waals surface area (Å²) in [5, 5.41) is 10.5. The van der Waals surface area contributed by atoms with E-state index in [4.69, 9.17) is 10.5 Å². The molecular weight excluding hydrogens is 234 g/mol. The van der Waals surface area contributed by atoms with Crippen LogP contribution in [0.15, 0.2) is 17.1 Å². The molecule has 0 amide bonds. The number of nitrogens with two attached hydrogens (primary N) is 1. The third-order valence-corrected chi connectivity index (χ3v) is 3.11. The predicted molar refractivity (Wildman–Crippen MR) is 54.3 cm³/mol. The molecule has 0 spiro atoms. The highest BCUT2D eigenvalue weighted by atomic mass is 32.2. The molecule has 8 heteroatoms. The molecule has 16 heavy (non-hydrogen) atoms. The van der Waals surface area contributed by atoms with Crippen molar-refractivity contribution in [3.63, 3.8) is 0 Å². The Balaban J connectivity index is 2.21. The number of hydrogen-bond acceptors (Lipinski definition) is 7. The second-order valence-corrected chi connectivity index (χ2v) is 4.21. The van der Waals surface area contributed by atoms with Gasteiger partial charge < -0.3 is 20.4 Å². The maximum absolute atomic E-state index is 11.4. The largest absolute Gasteiger partial charge is 0.546 e. The summed E-state index contributed by atoms with van der Waals surface area (Å²) in [5.41, 5.74) is 3.72. The molecule has 0 saturated carbocycles. The van der Waals surface area contributed by atoms with Gasteiger partial charge in [-0.25, -0.2) is 4.79 Å². The van der Waals surface area contributed by atoms with Crippen molar-refractivity contribution in [2.24, 2.45) is 0 Å².